The van der Waals surface area contributed by atoms with Gasteiger partial charge in [0.15, 0.2) is 0 Å². The second-order valence-electron chi connectivity index (χ2n) is 5.32. The first kappa shape index (κ1) is 18.9. The number of carbonyl (C=O) groups is 1. The van der Waals surface area contributed by atoms with E-state index in [9.17, 15) is 4.79 Å². The fraction of sp³-hybridized carbons (Fsp3) is 0.200. The van der Waals surface area contributed by atoms with Crippen molar-refractivity contribution >= 4 is 5.91 Å². The van der Waals surface area contributed by atoms with E-state index in [-0.39, 0.29) is 5.57 Å². The Morgan fingerprint density at radius 2 is 1.81 bits per heavy atom. The Labute approximate surface area is 153 Å². The number of nitrogens with one attached hydrogen (secondary N) is 2. The lowest BCUT2D eigenvalue weighted by Gasteiger charge is -2.08. The molecule has 0 radical (unpaired) electrons. The first-order valence-corrected chi connectivity index (χ1v) is 8.15. The number of carbonyl (C=O) groups excluding carboxylic acids is 1. The third-order valence-corrected chi connectivity index (χ3v) is 3.48. The standard InChI is InChI=1S/C20H21N3O3/c1-25-18-7-9-19(10-8-18)26-12-11-22-15-17(13-21)20(24)23-14-16-5-3-2-4-6-16/h2-10,15,22H,11-12,14H2,1H3,(H,23,24)/b17-15-. The van der Waals surface area contributed by atoms with Crippen molar-refractivity contribution in [1.29, 1.82) is 5.26 Å². The molecule has 2 aromatic carbocycles. The second-order valence-corrected chi connectivity index (χ2v) is 5.32. The highest BCUT2D eigenvalue weighted by molar-refractivity contribution is 5.97. The van der Waals surface area contributed by atoms with Gasteiger partial charge in [-0.25, -0.2) is 0 Å². The van der Waals surface area contributed by atoms with Crippen molar-refractivity contribution in [3.05, 3.63) is 71.9 Å². The van der Waals surface area contributed by atoms with Crippen molar-refractivity contribution < 1.29 is 14.3 Å². The van der Waals surface area contributed by atoms with Gasteiger partial charge in [-0.3, -0.25) is 4.79 Å². The summed E-state index contributed by atoms with van der Waals surface area (Å²) in [5.74, 6) is 1.07. The number of nitrogens with zero attached hydrogens (tertiary/aromatic N) is 1. The summed E-state index contributed by atoms with van der Waals surface area (Å²) < 4.78 is 10.6. The Hall–Kier alpha value is -3.46. The van der Waals surface area contributed by atoms with Crippen molar-refractivity contribution in [2.45, 2.75) is 6.54 Å². The van der Waals surface area contributed by atoms with Gasteiger partial charge in [0.05, 0.1) is 7.11 Å². The van der Waals surface area contributed by atoms with Gasteiger partial charge in [-0.15, -0.1) is 0 Å². The van der Waals surface area contributed by atoms with Crippen LogP contribution in [0, 0.1) is 11.3 Å². The quantitative estimate of drug-likeness (QED) is 0.412. The fourth-order valence-electron chi connectivity index (χ4n) is 2.10. The molecule has 6 heteroatoms. The monoisotopic (exact) mass is 351 g/mol. The van der Waals surface area contributed by atoms with Crippen molar-refractivity contribution in [3.63, 3.8) is 0 Å². The van der Waals surface area contributed by atoms with Gasteiger partial charge in [0, 0.05) is 19.3 Å². The fourth-order valence-corrected chi connectivity index (χ4v) is 2.10. The molecule has 0 aliphatic carbocycles. The average molecular weight is 351 g/mol. The number of ether oxygens (including phenoxy) is 2. The van der Waals surface area contributed by atoms with E-state index in [1.807, 2.05) is 60.7 Å². The zero-order valence-electron chi connectivity index (χ0n) is 14.6. The van der Waals surface area contributed by atoms with Crippen LogP contribution in [0.5, 0.6) is 11.5 Å². The third-order valence-electron chi connectivity index (χ3n) is 3.48. The minimum absolute atomic E-state index is 0.0189. The molecule has 0 aliphatic heterocycles. The Kier molecular flexibility index (Phi) is 7.56. The van der Waals surface area contributed by atoms with E-state index < -0.39 is 5.91 Å². The predicted octanol–water partition coefficient (Wildman–Crippen LogP) is 2.39. The van der Waals surface area contributed by atoms with E-state index in [1.165, 1.54) is 6.20 Å². The number of benzene rings is 2. The molecule has 0 saturated carbocycles. The molecule has 0 saturated heterocycles. The summed E-state index contributed by atoms with van der Waals surface area (Å²) in [7, 11) is 1.61. The van der Waals surface area contributed by atoms with Crippen LogP contribution in [0.1, 0.15) is 5.56 Å². The zero-order valence-corrected chi connectivity index (χ0v) is 14.6. The van der Waals surface area contributed by atoms with Crippen LogP contribution < -0.4 is 20.1 Å². The van der Waals surface area contributed by atoms with E-state index in [0.29, 0.717) is 19.7 Å². The molecule has 1 amide bonds. The maximum Gasteiger partial charge on any atom is 0.263 e. The van der Waals surface area contributed by atoms with Gasteiger partial charge in [0.1, 0.15) is 29.7 Å². The summed E-state index contributed by atoms with van der Waals surface area (Å²) in [4.78, 5) is 12.0. The summed E-state index contributed by atoms with van der Waals surface area (Å²) in [6, 6.07) is 18.7. The molecular formula is C20H21N3O3. The smallest absolute Gasteiger partial charge is 0.263 e. The van der Waals surface area contributed by atoms with Gasteiger partial charge < -0.3 is 20.1 Å². The lowest BCUT2D eigenvalue weighted by Crippen LogP contribution is -2.26. The van der Waals surface area contributed by atoms with Crippen LogP contribution in [0.15, 0.2) is 66.4 Å². The van der Waals surface area contributed by atoms with Gasteiger partial charge in [-0.2, -0.15) is 5.26 Å². The zero-order chi connectivity index (χ0) is 18.6. The summed E-state index contributed by atoms with van der Waals surface area (Å²) in [6.45, 7) is 1.23. The van der Waals surface area contributed by atoms with Crippen molar-refractivity contribution in [2.24, 2.45) is 0 Å². The topological polar surface area (TPSA) is 83.4 Å². The molecule has 0 spiro atoms. The van der Waals surface area contributed by atoms with Crippen LogP contribution in [0.2, 0.25) is 0 Å². The number of hydrogen-bond acceptors (Lipinski definition) is 5. The predicted molar refractivity (Wildman–Crippen MR) is 98.5 cm³/mol. The van der Waals surface area contributed by atoms with Crippen molar-refractivity contribution in [1.82, 2.24) is 10.6 Å². The summed E-state index contributed by atoms with van der Waals surface area (Å²) >= 11 is 0. The van der Waals surface area contributed by atoms with Crippen molar-refractivity contribution in [3.8, 4) is 17.6 Å². The molecule has 0 heterocycles. The Bertz CT molecular complexity index is 765. The molecule has 2 aromatic rings. The molecule has 6 nitrogen and oxygen atoms in total. The Balaban J connectivity index is 1.72. The molecule has 0 aliphatic rings. The number of methoxy groups -OCH3 is 1. The first-order chi connectivity index (χ1) is 12.7. The van der Waals surface area contributed by atoms with E-state index >= 15 is 0 Å². The second kappa shape index (κ2) is 10.4. The van der Waals surface area contributed by atoms with E-state index in [4.69, 9.17) is 14.7 Å². The summed E-state index contributed by atoms with van der Waals surface area (Å²) in [5, 5.41) is 14.7. The Morgan fingerprint density at radius 1 is 1.12 bits per heavy atom. The largest absolute Gasteiger partial charge is 0.497 e. The van der Waals surface area contributed by atoms with E-state index in [1.54, 1.807) is 7.11 Å². The van der Waals surface area contributed by atoms with E-state index in [2.05, 4.69) is 10.6 Å². The van der Waals surface area contributed by atoms with Crippen LogP contribution in [-0.2, 0) is 11.3 Å². The lowest BCUT2D eigenvalue weighted by molar-refractivity contribution is -0.117. The van der Waals surface area contributed by atoms with Gasteiger partial charge in [-0.05, 0) is 29.8 Å². The molecule has 2 rings (SSSR count). The molecule has 134 valence electrons. The van der Waals surface area contributed by atoms with Crippen molar-refractivity contribution in [2.75, 3.05) is 20.3 Å². The highest BCUT2D eigenvalue weighted by Gasteiger charge is 2.07. The molecule has 2 N–H and O–H groups in total. The Morgan fingerprint density at radius 3 is 2.46 bits per heavy atom. The van der Waals surface area contributed by atoms with E-state index in [0.717, 1.165) is 17.1 Å². The maximum absolute atomic E-state index is 12.0. The molecule has 0 atom stereocenters. The summed E-state index contributed by atoms with van der Waals surface area (Å²) in [5.41, 5.74) is 0.990. The highest BCUT2D eigenvalue weighted by Crippen LogP contribution is 2.16. The number of rotatable bonds is 9. The minimum atomic E-state index is -0.417. The van der Waals surface area contributed by atoms with Crippen LogP contribution in [0.4, 0.5) is 0 Å². The van der Waals surface area contributed by atoms with Gasteiger partial charge in [0.2, 0.25) is 0 Å². The van der Waals surface area contributed by atoms with Gasteiger partial charge in [0.25, 0.3) is 5.91 Å². The molecule has 0 aromatic heterocycles. The lowest BCUT2D eigenvalue weighted by atomic mass is 10.2. The third kappa shape index (κ3) is 6.21. The van der Waals surface area contributed by atoms with Gasteiger partial charge in [-0.1, -0.05) is 30.3 Å². The van der Waals surface area contributed by atoms with Crippen LogP contribution >= 0.6 is 0 Å². The minimum Gasteiger partial charge on any atom is -0.497 e. The molecule has 0 unspecified atom stereocenters. The first-order valence-electron chi connectivity index (χ1n) is 8.15. The van der Waals surface area contributed by atoms with Gasteiger partial charge >= 0.3 is 0 Å². The molecule has 26 heavy (non-hydrogen) atoms. The molecule has 0 fully saturated rings. The molecular weight excluding hydrogens is 330 g/mol. The number of hydrogen-bond donors (Lipinski definition) is 2. The maximum atomic E-state index is 12.0. The van der Waals surface area contributed by atoms with Crippen LogP contribution in [-0.4, -0.2) is 26.2 Å². The van der Waals surface area contributed by atoms with Crippen LogP contribution in [0.25, 0.3) is 0 Å². The normalized spacial score (nSPS) is 10.5. The van der Waals surface area contributed by atoms with Crippen LogP contribution in [0.3, 0.4) is 0 Å². The SMILES string of the molecule is COc1ccc(OCCN/C=C(/C#N)C(=O)NCc2ccccc2)cc1. The summed E-state index contributed by atoms with van der Waals surface area (Å²) in [6.07, 6.45) is 1.40. The molecule has 0 bridgehead atoms. The number of nitriles is 1. The highest BCUT2D eigenvalue weighted by atomic mass is 16.5. The number of amides is 1. The average Bonchev–Trinajstić information content (AvgIpc) is 2.70.